The van der Waals surface area contributed by atoms with E-state index in [1.54, 1.807) is 18.1 Å². The van der Waals surface area contributed by atoms with Crippen LogP contribution in [-0.2, 0) is 9.59 Å². The number of nitrogens with one attached hydrogen (secondary N) is 1. The molecule has 6 atom stereocenters. The van der Waals surface area contributed by atoms with E-state index in [9.17, 15) is 9.59 Å². The highest BCUT2D eigenvalue weighted by Gasteiger charge is 2.60. The van der Waals surface area contributed by atoms with Crippen LogP contribution in [0.3, 0.4) is 0 Å². The van der Waals surface area contributed by atoms with Gasteiger partial charge in [-0.15, -0.1) is 11.8 Å². The van der Waals surface area contributed by atoms with E-state index in [1.807, 2.05) is 12.3 Å². The Bertz CT molecular complexity index is 1070. The Kier molecular flexibility index (Phi) is 5.36. The van der Waals surface area contributed by atoms with Crippen LogP contribution in [0.2, 0.25) is 0 Å². The topological polar surface area (TPSA) is 75.2 Å². The van der Waals surface area contributed by atoms with Crippen molar-refractivity contribution >= 4 is 34.8 Å². The summed E-state index contributed by atoms with van der Waals surface area (Å²) in [7, 11) is 0. The van der Waals surface area contributed by atoms with Gasteiger partial charge >= 0.3 is 0 Å². The molecular weight excluding hydrogens is 444 g/mol. The summed E-state index contributed by atoms with van der Waals surface area (Å²) in [5.41, 5.74) is 2.68. The fraction of sp³-hybridized carbons (Fsp3) is 0.704. The van der Waals surface area contributed by atoms with Crippen molar-refractivity contribution in [2.45, 2.75) is 70.2 Å². The summed E-state index contributed by atoms with van der Waals surface area (Å²) in [5.74, 6) is 3.70. The number of carbonyl (C=O) groups excluding carboxylic acids is 2. The summed E-state index contributed by atoms with van der Waals surface area (Å²) in [6.07, 6.45) is 14.1. The number of thioether (sulfide) groups is 1. The van der Waals surface area contributed by atoms with Crippen molar-refractivity contribution in [2.24, 2.45) is 34.5 Å². The van der Waals surface area contributed by atoms with E-state index in [2.05, 4.69) is 34.0 Å². The monoisotopic (exact) mass is 480 g/mol. The molecule has 3 fully saturated rings. The van der Waals surface area contributed by atoms with Gasteiger partial charge in [0.1, 0.15) is 17.0 Å². The van der Waals surface area contributed by atoms with Crippen molar-refractivity contribution < 1.29 is 9.59 Å². The van der Waals surface area contributed by atoms with Crippen molar-refractivity contribution in [3.05, 3.63) is 18.0 Å². The lowest BCUT2D eigenvalue weighted by Gasteiger charge is -2.58. The molecule has 0 saturated heterocycles. The molecule has 3 saturated carbocycles. The first-order valence-electron chi connectivity index (χ1n) is 13.0. The van der Waals surface area contributed by atoms with Gasteiger partial charge in [-0.3, -0.25) is 9.59 Å². The SMILES string of the molecule is CSc1ncnc2c1NCN2CC(=O)[C@H]1CC[C@H]2[C@@H]3CCC4=CC(=O)CC[C@]4(C)[C@H]3CC[C@]12C. The van der Waals surface area contributed by atoms with Gasteiger partial charge in [0, 0.05) is 12.3 Å². The van der Waals surface area contributed by atoms with Gasteiger partial charge in [0.25, 0.3) is 0 Å². The van der Waals surface area contributed by atoms with Gasteiger partial charge in [-0.05, 0) is 85.9 Å². The minimum absolute atomic E-state index is 0.104. The van der Waals surface area contributed by atoms with E-state index in [-0.39, 0.29) is 16.7 Å². The highest BCUT2D eigenvalue weighted by molar-refractivity contribution is 7.98. The van der Waals surface area contributed by atoms with Crippen LogP contribution in [0.5, 0.6) is 0 Å². The first-order valence-corrected chi connectivity index (χ1v) is 14.2. The number of ketones is 2. The number of nitrogens with zero attached hydrogens (tertiary/aromatic N) is 3. The number of carbonyl (C=O) groups is 2. The molecule has 4 aliphatic carbocycles. The zero-order valence-electron chi connectivity index (χ0n) is 20.6. The lowest BCUT2D eigenvalue weighted by molar-refractivity contribution is -0.129. The molecule has 5 aliphatic rings. The first kappa shape index (κ1) is 22.6. The number of Topliss-reactive ketones (excluding diaryl/α,β-unsaturated/α-hetero) is 1. The van der Waals surface area contributed by atoms with Gasteiger partial charge < -0.3 is 10.2 Å². The van der Waals surface area contributed by atoms with Crippen LogP contribution in [0, 0.1) is 34.5 Å². The maximum Gasteiger partial charge on any atom is 0.158 e. The van der Waals surface area contributed by atoms with Crippen LogP contribution in [0.4, 0.5) is 11.5 Å². The molecule has 0 bridgehead atoms. The maximum absolute atomic E-state index is 13.7. The number of hydrogen-bond acceptors (Lipinski definition) is 7. The predicted octanol–water partition coefficient (Wildman–Crippen LogP) is 5.11. The van der Waals surface area contributed by atoms with Crippen LogP contribution in [0.1, 0.15) is 65.2 Å². The molecule has 34 heavy (non-hydrogen) atoms. The second-order valence-corrected chi connectivity index (χ2v) is 12.5. The molecule has 0 spiro atoms. The van der Waals surface area contributed by atoms with Crippen LogP contribution < -0.4 is 10.2 Å². The molecule has 6 rings (SSSR count). The molecule has 0 amide bonds. The van der Waals surface area contributed by atoms with Crippen molar-refractivity contribution in [3.8, 4) is 0 Å². The summed E-state index contributed by atoms with van der Waals surface area (Å²) in [4.78, 5) is 36.8. The van der Waals surface area contributed by atoms with E-state index >= 15 is 0 Å². The normalized spacial score (nSPS) is 38.4. The molecule has 7 heteroatoms. The second kappa shape index (κ2) is 8.07. The number of rotatable bonds is 4. The van der Waals surface area contributed by atoms with Crippen molar-refractivity contribution in [1.29, 1.82) is 0 Å². The third-order valence-electron chi connectivity index (χ3n) is 10.4. The molecular formula is C27H36N4O2S. The summed E-state index contributed by atoms with van der Waals surface area (Å²) >= 11 is 1.60. The van der Waals surface area contributed by atoms with Gasteiger partial charge in [-0.2, -0.15) is 0 Å². The smallest absolute Gasteiger partial charge is 0.158 e. The van der Waals surface area contributed by atoms with Gasteiger partial charge in [-0.1, -0.05) is 19.4 Å². The van der Waals surface area contributed by atoms with Crippen molar-refractivity contribution in [3.63, 3.8) is 0 Å². The van der Waals surface area contributed by atoms with Gasteiger partial charge in [0.15, 0.2) is 17.4 Å². The summed E-state index contributed by atoms with van der Waals surface area (Å²) in [6, 6.07) is 0. The molecule has 0 aromatic carbocycles. The molecule has 1 aromatic rings. The van der Waals surface area contributed by atoms with Crippen LogP contribution in [0.15, 0.2) is 23.0 Å². The predicted molar refractivity (Wildman–Crippen MR) is 135 cm³/mol. The average molecular weight is 481 g/mol. The zero-order chi connectivity index (χ0) is 23.7. The van der Waals surface area contributed by atoms with E-state index in [0.29, 0.717) is 49.0 Å². The molecule has 1 N–H and O–H groups in total. The molecule has 1 aromatic heterocycles. The Morgan fingerprint density at radius 1 is 1.15 bits per heavy atom. The largest absolute Gasteiger partial charge is 0.362 e. The molecule has 0 radical (unpaired) electrons. The second-order valence-electron chi connectivity index (χ2n) is 11.7. The quantitative estimate of drug-likeness (QED) is 0.474. The Labute approximate surface area is 206 Å². The lowest BCUT2D eigenvalue weighted by Crippen LogP contribution is -2.51. The van der Waals surface area contributed by atoms with Gasteiger partial charge in [0.2, 0.25) is 0 Å². The van der Waals surface area contributed by atoms with Crippen molar-refractivity contribution in [1.82, 2.24) is 9.97 Å². The average Bonchev–Trinajstić information content (AvgIpc) is 3.40. The maximum atomic E-state index is 13.7. The van der Waals surface area contributed by atoms with E-state index in [1.165, 1.54) is 24.8 Å². The first-order chi connectivity index (χ1) is 16.3. The Hall–Kier alpha value is -1.89. The minimum Gasteiger partial charge on any atom is -0.362 e. The molecule has 0 unspecified atom stereocenters. The third kappa shape index (κ3) is 3.21. The molecule has 6 nitrogen and oxygen atoms in total. The fourth-order valence-electron chi connectivity index (χ4n) is 8.68. The van der Waals surface area contributed by atoms with Gasteiger partial charge in [0.05, 0.1) is 13.2 Å². The molecule has 1 aliphatic heterocycles. The van der Waals surface area contributed by atoms with Crippen LogP contribution in [-0.4, -0.2) is 41.0 Å². The number of aromatic nitrogens is 2. The summed E-state index contributed by atoms with van der Waals surface area (Å²) < 4.78 is 0. The Morgan fingerprint density at radius 3 is 2.82 bits per heavy atom. The Balaban J connectivity index is 1.20. The van der Waals surface area contributed by atoms with Crippen molar-refractivity contribution in [2.75, 3.05) is 29.7 Å². The summed E-state index contributed by atoms with van der Waals surface area (Å²) in [6.45, 7) is 5.91. The number of fused-ring (bicyclic) bond motifs is 6. The highest BCUT2D eigenvalue weighted by atomic mass is 32.2. The number of hydrogen-bond donors (Lipinski definition) is 1. The number of allylic oxidation sites excluding steroid dienone is 1. The third-order valence-corrected chi connectivity index (χ3v) is 11.1. The molecule has 2 heterocycles. The van der Waals surface area contributed by atoms with Crippen LogP contribution >= 0.6 is 11.8 Å². The van der Waals surface area contributed by atoms with Gasteiger partial charge in [-0.25, -0.2) is 9.97 Å². The van der Waals surface area contributed by atoms with Crippen LogP contribution in [0.25, 0.3) is 0 Å². The minimum atomic E-state index is 0.104. The fourth-order valence-corrected chi connectivity index (χ4v) is 9.20. The standard InChI is InChI=1S/C27H36N4O2S/c1-26-10-8-17(32)12-16(26)4-5-18-19-6-7-21(27(19,2)11-9-20(18)26)22(33)13-31-15-30-23-24(31)28-14-29-25(23)34-3/h12,14,18-21,30H,4-11,13,15H2,1-3H3/t18-,19-,20-,21+,26-,27-/m0/s1. The molecule has 182 valence electrons. The highest BCUT2D eigenvalue weighted by Crippen LogP contribution is 2.66. The summed E-state index contributed by atoms with van der Waals surface area (Å²) in [5, 5.41) is 4.34. The number of anilines is 2. The lowest BCUT2D eigenvalue weighted by atomic mass is 9.46. The van der Waals surface area contributed by atoms with E-state index < -0.39 is 0 Å². The Morgan fingerprint density at radius 2 is 2.00 bits per heavy atom. The van der Waals surface area contributed by atoms with E-state index in [0.717, 1.165) is 42.2 Å². The zero-order valence-corrected chi connectivity index (χ0v) is 21.4. The van der Waals surface area contributed by atoms with E-state index in [4.69, 9.17) is 0 Å².